The molecule has 1 aliphatic rings. The third-order valence-corrected chi connectivity index (χ3v) is 3.03. The number of Topliss-reactive ketones (excluding diaryl/α,β-unsaturated/α-hetero) is 1. The number of ketones is 1. The van der Waals surface area contributed by atoms with Crippen molar-refractivity contribution in [1.29, 1.82) is 0 Å². The van der Waals surface area contributed by atoms with Crippen molar-refractivity contribution in [2.45, 2.75) is 25.9 Å². The monoisotopic (exact) mass is 309 g/mol. The lowest BCUT2D eigenvalue weighted by Gasteiger charge is -2.23. The zero-order chi connectivity index (χ0) is 16.5. The molecule has 1 aromatic carbocycles. The number of piperidine rings is 1. The number of ether oxygens (including phenoxy) is 1. The van der Waals surface area contributed by atoms with Crippen LogP contribution < -0.4 is 10.1 Å². The van der Waals surface area contributed by atoms with Crippen molar-refractivity contribution in [3.05, 3.63) is 29.8 Å². The number of aliphatic carboxylic acids is 2. The van der Waals surface area contributed by atoms with Gasteiger partial charge in [0.2, 0.25) is 0 Å². The smallest absolute Gasteiger partial charge is 0.414 e. The van der Waals surface area contributed by atoms with E-state index in [0.29, 0.717) is 6.10 Å². The first-order valence-electron chi connectivity index (χ1n) is 6.84. The van der Waals surface area contributed by atoms with Crippen molar-refractivity contribution in [2.75, 3.05) is 13.1 Å². The molecular weight excluding hydrogens is 290 g/mol. The van der Waals surface area contributed by atoms with Crippen LogP contribution in [0.25, 0.3) is 0 Å². The first-order chi connectivity index (χ1) is 10.4. The lowest BCUT2D eigenvalue weighted by atomic mass is 10.1. The van der Waals surface area contributed by atoms with Gasteiger partial charge >= 0.3 is 11.9 Å². The average Bonchev–Trinajstić information content (AvgIpc) is 2.49. The number of rotatable bonds is 3. The van der Waals surface area contributed by atoms with E-state index in [2.05, 4.69) is 5.32 Å². The maximum absolute atomic E-state index is 11.1. The molecule has 22 heavy (non-hydrogen) atoms. The number of hydrogen-bond donors (Lipinski definition) is 3. The Labute approximate surface area is 127 Å². The summed E-state index contributed by atoms with van der Waals surface area (Å²) in [7, 11) is 0. The first-order valence-corrected chi connectivity index (χ1v) is 6.84. The first kappa shape index (κ1) is 17.6. The highest BCUT2D eigenvalue weighted by Crippen LogP contribution is 2.17. The third-order valence-electron chi connectivity index (χ3n) is 3.03. The quantitative estimate of drug-likeness (QED) is 0.567. The number of nitrogens with one attached hydrogen (secondary N) is 1. The SMILES string of the molecule is CC(=O)c1ccc(OC2CCNCC2)cc1.O=C(O)C(=O)O. The maximum atomic E-state index is 11.1. The second kappa shape index (κ2) is 8.78. The van der Waals surface area contributed by atoms with Crippen LogP contribution in [0.1, 0.15) is 30.1 Å². The molecule has 1 aliphatic heterocycles. The summed E-state index contributed by atoms with van der Waals surface area (Å²) in [6.45, 7) is 3.62. The van der Waals surface area contributed by atoms with Crippen LogP contribution in [0.4, 0.5) is 0 Å². The van der Waals surface area contributed by atoms with Crippen molar-refractivity contribution >= 4 is 17.7 Å². The van der Waals surface area contributed by atoms with Gasteiger partial charge in [-0.05, 0) is 57.1 Å². The summed E-state index contributed by atoms with van der Waals surface area (Å²) in [5.41, 5.74) is 0.734. The molecule has 3 N–H and O–H groups in total. The van der Waals surface area contributed by atoms with Crippen LogP contribution in [0, 0.1) is 0 Å². The second-order valence-electron chi connectivity index (χ2n) is 4.76. The Morgan fingerprint density at radius 2 is 1.55 bits per heavy atom. The predicted molar refractivity (Wildman–Crippen MR) is 78.2 cm³/mol. The third kappa shape index (κ3) is 6.36. The Balaban J connectivity index is 0.000000346. The number of carboxylic acids is 2. The van der Waals surface area contributed by atoms with E-state index in [1.807, 2.05) is 24.3 Å². The molecule has 0 aromatic heterocycles. The van der Waals surface area contributed by atoms with E-state index in [-0.39, 0.29) is 5.78 Å². The molecule has 1 aromatic rings. The molecule has 0 bridgehead atoms. The minimum absolute atomic E-state index is 0.0911. The fraction of sp³-hybridized carbons (Fsp3) is 0.400. The molecule has 120 valence electrons. The van der Waals surface area contributed by atoms with Crippen molar-refractivity contribution in [3.8, 4) is 5.75 Å². The second-order valence-corrected chi connectivity index (χ2v) is 4.76. The average molecular weight is 309 g/mol. The lowest BCUT2D eigenvalue weighted by Crippen LogP contribution is -2.34. The van der Waals surface area contributed by atoms with E-state index in [1.54, 1.807) is 6.92 Å². The molecular formula is C15H19NO6. The number of carbonyl (C=O) groups is 3. The fourth-order valence-corrected chi connectivity index (χ4v) is 1.87. The summed E-state index contributed by atoms with van der Waals surface area (Å²) in [5.74, 6) is -2.70. The van der Waals surface area contributed by atoms with Gasteiger partial charge in [0.25, 0.3) is 0 Å². The van der Waals surface area contributed by atoms with Gasteiger partial charge in [-0.2, -0.15) is 0 Å². The van der Waals surface area contributed by atoms with Crippen LogP contribution >= 0.6 is 0 Å². The van der Waals surface area contributed by atoms with E-state index >= 15 is 0 Å². The standard InChI is InChI=1S/C13H17NO2.C2H2O4/c1-10(15)11-2-4-12(5-3-11)16-13-6-8-14-9-7-13;3-1(4)2(5)6/h2-5,13-14H,6-9H2,1H3;(H,3,4)(H,5,6). The number of hydrogen-bond acceptors (Lipinski definition) is 5. The van der Waals surface area contributed by atoms with Gasteiger partial charge in [0.1, 0.15) is 11.9 Å². The minimum atomic E-state index is -1.82. The molecule has 1 fully saturated rings. The molecule has 7 heteroatoms. The molecule has 7 nitrogen and oxygen atoms in total. The molecule has 1 heterocycles. The summed E-state index contributed by atoms with van der Waals surface area (Å²) in [6.07, 6.45) is 2.41. The van der Waals surface area contributed by atoms with Gasteiger partial charge < -0.3 is 20.3 Å². The summed E-state index contributed by atoms with van der Waals surface area (Å²) < 4.78 is 5.84. The van der Waals surface area contributed by atoms with Gasteiger partial charge in [-0.15, -0.1) is 0 Å². The van der Waals surface area contributed by atoms with Gasteiger partial charge in [0, 0.05) is 5.56 Å². The van der Waals surface area contributed by atoms with Crippen LogP contribution in [0.3, 0.4) is 0 Å². The van der Waals surface area contributed by atoms with Gasteiger partial charge in [-0.3, -0.25) is 4.79 Å². The van der Waals surface area contributed by atoms with Crippen LogP contribution in [0.2, 0.25) is 0 Å². The van der Waals surface area contributed by atoms with Crippen molar-refractivity contribution in [3.63, 3.8) is 0 Å². The molecule has 0 atom stereocenters. The van der Waals surface area contributed by atoms with Gasteiger partial charge in [0.15, 0.2) is 5.78 Å². The maximum Gasteiger partial charge on any atom is 0.414 e. The summed E-state index contributed by atoms with van der Waals surface area (Å²) >= 11 is 0. The Morgan fingerprint density at radius 1 is 1.05 bits per heavy atom. The van der Waals surface area contributed by atoms with Crippen LogP contribution in [-0.2, 0) is 9.59 Å². The van der Waals surface area contributed by atoms with Crippen molar-refractivity contribution in [2.24, 2.45) is 0 Å². The zero-order valence-electron chi connectivity index (χ0n) is 12.2. The van der Waals surface area contributed by atoms with Gasteiger partial charge in [0.05, 0.1) is 0 Å². The predicted octanol–water partition coefficient (Wildman–Crippen LogP) is 1.18. The summed E-state index contributed by atoms with van der Waals surface area (Å²) in [6, 6.07) is 7.38. The largest absolute Gasteiger partial charge is 0.490 e. The molecule has 1 saturated heterocycles. The topological polar surface area (TPSA) is 113 Å². The highest BCUT2D eigenvalue weighted by atomic mass is 16.5. The molecule has 2 rings (SSSR count). The molecule has 0 spiro atoms. The highest BCUT2D eigenvalue weighted by molar-refractivity contribution is 6.27. The summed E-state index contributed by atoms with van der Waals surface area (Å²) in [5, 5.41) is 18.1. The van der Waals surface area contributed by atoms with Crippen LogP contribution in [0.15, 0.2) is 24.3 Å². The van der Waals surface area contributed by atoms with E-state index < -0.39 is 11.9 Å². The Bertz CT molecular complexity index is 507. The fourth-order valence-electron chi connectivity index (χ4n) is 1.87. The van der Waals surface area contributed by atoms with E-state index in [0.717, 1.165) is 37.2 Å². The van der Waals surface area contributed by atoms with Gasteiger partial charge in [-0.25, -0.2) is 9.59 Å². The number of carboxylic acid groups (broad SMARTS) is 2. The Hall–Kier alpha value is -2.41. The highest BCUT2D eigenvalue weighted by Gasteiger charge is 2.14. The van der Waals surface area contributed by atoms with Crippen molar-refractivity contribution < 1.29 is 29.3 Å². The zero-order valence-corrected chi connectivity index (χ0v) is 12.2. The van der Waals surface area contributed by atoms with Crippen LogP contribution in [0.5, 0.6) is 5.75 Å². The van der Waals surface area contributed by atoms with Crippen molar-refractivity contribution in [1.82, 2.24) is 5.32 Å². The molecule has 0 saturated carbocycles. The number of benzene rings is 1. The van der Waals surface area contributed by atoms with Crippen LogP contribution in [-0.4, -0.2) is 47.1 Å². The Kier molecular flexibility index (Phi) is 7.04. The molecule has 0 radical (unpaired) electrons. The van der Waals surface area contributed by atoms with E-state index in [9.17, 15) is 4.79 Å². The molecule has 0 amide bonds. The van der Waals surface area contributed by atoms with E-state index in [1.165, 1.54) is 0 Å². The molecule has 0 unspecified atom stereocenters. The summed E-state index contributed by atoms with van der Waals surface area (Å²) in [4.78, 5) is 29.3. The number of carbonyl (C=O) groups excluding carboxylic acids is 1. The normalized spacial score (nSPS) is 14.4. The van der Waals surface area contributed by atoms with E-state index in [4.69, 9.17) is 24.5 Å². The van der Waals surface area contributed by atoms with Gasteiger partial charge in [-0.1, -0.05) is 0 Å². The Morgan fingerprint density at radius 3 is 1.95 bits per heavy atom. The molecule has 0 aliphatic carbocycles. The minimum Gasteiger partial charge on any atom is -0.490 e. The lowest BCUT2D eigenvalue weighted by molar-refractivity contribution is -0.159.